The Morgan fingerprint density at radius 1 is 1.10 bits per heavy atom. The van der Waals surface area contributed by atoms with Crippen molar-refractivity contribution < 1.29 is 19.6 Å². The molecule has 2 unspecified atom stereocenters. The Morgan fingerprint density at radius 2 is 1.71 bits per heavy atom. The Balaban J connectivity index is 2.77. The van der Waals surface area contributed by atoms with Gasteiger partial charge in [0.25, 0.3) is 0 Å². The summed E-state index contributed by atoms with van der Waals surface area (Å²) >= 11 is 0. The summed E-state index contributed by atoms with van der Waals surface area (Å²) < 4.78 is 0. The van der Waals surface area contributed by atoms with E-state index < -0.39 is 5.79 Å². The van der Waals surface area contributed by atoms with Crippen LogP contribution in [0.3, 0.4) is 0 Å². The lowest BCUT2D eigenvalue weighted by atomic mass is 9.70. The Hall–Kier alpha value is -0.160. The summed E-state index contributed by atoms with van der Waals surface area (Å²) in [5, 5.41) is 0. The highest BCUT2D eigenvalue weighted by molar-refractivity contribution is 4.88. The maximum atomic E-state index is 5.78. The number of hydrogen-bond acceptors (Lipinski definition) is 4. The van der Waals surface area contributed by atoms with Gasteiger partial charge in [0.2, 0.25) is 5.79 Å². The molecule has 0 aromatic carbocycles. The quantitative estimate of drug-likeness (QED) is 0.398. The Labute approximate surface area is 130 Å². The van der Waals surface area contributed by atoms with Crippen molar-refractivity contribution in [1.82, 2.24) is 0 Å². The molecule has 4 heteroatoms. The standard InChI is InChI=1S/C17H34O4/c1-13(2)11-18-20-17(21-19-15(4,5)6)10-14(3)9-16(7,8)12-17/h13-14H,9-12H2,1-8H3. The summed E-state index contributed by atoms with van der Waals surface area (Å²) in [6.45, 7) is 17.3. The molecule has 0 amide bonds. The first kappa shape index (κ1) is 18.9. The van der Waals surface area contributed by atoms with Gasteiger partial charge < -0.3 is 0 Å². The third kappa shape index (κ3) is 7.09. The largest absolute Gasteiger partial charge is 0.234 e. The van der Waals surface area contributed by atoms with Crippen LogP contribution < -0.4 is 0 Å². The van der Waals surface area contributed by atoms with E-state index in [-0.39, 0.29) is 11.0 Å². The van der Waals surface area contributed by atoms with E-state index in [9.17, 15) is 0 Å². The van der Waals surface area contributed by atoms with Gasteiger partial charge in [-0.3, -0.25) is 0 Å². The highest BCUT2D eigenvalue weighted by atomic mass is 17.3. The average Bonchev–Trinajstić information content (AvgIpc) is 2.22. The predicted molar refractivity (Wildman–Crippen MR) is 83.3 cm³/mol. The molecule has 0 spiro atoms. The molecule has 1 rings (SSSR count). The van der Waals surface area contributed by atoms with Crippen molar-refractivity contribution in [3.63, 3.8) is 0 Å². The van der Waals surface area contributed by atoms with E-state index in [1.807, 2.05) is 20.8 Å². The van der Waals surface area contributed by atoms with Crippen molar-refractivity contribution in [1.29, 1.82) is 0 Å². The molecule has 1 fully saturated rings. The van der Waals surface area contributed by atoms with Crippen LogP contribution in [-0.2, 0) is 19.6 Å². The smallest absolute Gasteiger partial charge is 0.233 e. The molecule has 0 radical (unpaired) electrons. The molecule has 0 bridgehead atoms. The minimum absolute atomic E-state index is 0.139. The summed E-state index contributed by atoms with van der Waals surface area (Å²) in [5.41, 5.74) is -0.237. The van der Waals surface area contributed by atoms with Crippen LogP contribution in [0.25, 0.3) is 0 Å². The Morgan fingerprint density at radius 3 is 2.19 bits per heavy atom. The van der Waals surface area contributed by atoms with Crippen molar-refractivity contribution in [2.75, 3.05) is 6.61 Å². The van der Waals surface area contributed by atoms with Crippen LogP contribution in [-0.4, -0.2) is 18.0 Å². The molecule has 2 atom stereocenters. The van der Waals surface area contributed by atoms with Gasteiger partial charge in [-0.2, -0.15) is 9.78 Å². The van der Waals surface area contributed by atoms with Crippen LogP contribution in [0.1, 0.15) is 74.7 Å². The highest BCUT2D eigenvalue weighted by Gasteiger charge is 2.48. The second-order valence-electron chi connectivity index (χ2n) is 8.81. The molecule has 0 aliphatic heterocycles. The molecule has 0 aromatic rings. The minimum Gasteiger partial charge on any atom is -0.233 e. The lowest BCUT2D eigenvalue weighted by Gasteiger charge is -2.45. The van der Waals surface area contributed by atoms with Gasteiger partial charge in [-0.15, -0.1) is 0 Å². The van der Waals surface area contributed by atoms with Gasteiger partial charge >= 0.3 is 0 Å². The predicted octanol–water partition coefficient (Wildman–Crippen LogP) is 4.88. The molecule has 4 nitrogen and oxygen atoms in total. The topological polar surface area (TPSA) is 36.9 Å². The maximum absolute atomic E-state index is 5.78. The van der Waals surface area contributed by atoms with Gasteiger partial charge in [0.1, 0.15) is 0 Å². The third-order valence-corrected chi connectivity index (χ3v) is 3.36. The van der Waals surface area contributed by atoms with Crippen LogP contribution in [0.2, 0.25) is 0 Å². The normalized spacial score (nSPS) is 29.9. The fourth-order valence-electron chi connectivity index (χ4n) is 3.04. The third-order valence-electron chi connectivity index (χ3n) is 3.36. The van der Waals surface area contributed by atoms with E-state index in [0.717, 1.165) is 19.3 Å². The monoisotopic (exact) mass is 302 g/mol. The van der Waals surface area contributed by atoms with Crippen molar-refractivity contribution >= 4 is 0 Å². The van der Waals surface area contributed by atoms with E-state index in [0.29, 0.717) is 18.4 Å². The minimum atomic E-state index is -0.816. The van der Waals surface area contributed by atoms with E-state index in [1.165, 1.54) is 0 Å². The summed E-state index contributed by atoms with van der Waals surface area (Å²) in [6, 6.07) is 0. The van der Waals surface area contributed by atoms with E-state index >= 15 is 0 Å². The van der Waals surface area contributed by atoms with Crippen molar-refractivity contribution in [3.05, 3.63) is 0 Å². The van der Waals surface area contributed by atoms with Crippen molar-refractivity contribution in [3.8, 4) is 0 Å². The van der Waals surface area contributed by atoms with Crippen molar-refractivity contribution in [2.45, 2.75) is 86.0 Å². The molecule has 1 saturated carbocycles. The second-order valence-corrected chi connectivity index (χ2v) is 8.81. The van der Waals surface area contributed by atoms with Gasteiger partial charge in [-0.25, -0.2) is 9.78 Å². The van der Waals surface area contributed by atoms with Gasteiger partial charge in [0, 0.05) is 12.8 Å². The zero-order chi connectivity index (χ0) is 16.3. The summed E-state index contributed by atoms with van der Waals surface area (Å²) in [5.74, 6) is 0.100. The fourth-order valence-corrected chi connectivity index (χ4v) is 3.04. The van der Waals surface area contributed by atoms with Crippen LogP contribution in [0, 0.1) is 17.3 Å². The van der Waals surface area contributed by atoms with Gasteiger partial charge in [-0.05, 0) is 44.4 Å². The van der Waals surface area contributed by atoms with E-state index in [1.54, 1.807) is 0 Å². The average molecular weight is 302 g/mol. The van der Waals surface area contributed by atoms with Gasteiger partial charge in [0.05, 0.1) is 12.2 Å². The summed E-state index contributed by atoms with van der Waals surface area (Å²) in [7, 11) is 0. The molecule has 0 heterocycles. The first-order valence-corrected chi connectivity index (χ1v) is 8.11. The van der Waals surface area contributed by atoms with Crippen molar-refractivity contribution in [2.24, 2.45) is 17.3 Å². The molecule has 0 N–H and O–H groups in total. The zero-order valence-corrected chi connectivity index (χ0v) is 15.1. The lowest BCUT2D eigenvalue weighted by molar-refractivity contribution is -0.539. The maximum Gasteiger partial charge on any atom is 0.234 e. The Bertz CT molecular complexity index is 319. The Kier molecular flexibility index (Phi) is 6.25. The SMILES string of the molecule is CC(C)COOC1(OOC(C)(C)C)CC(C)CC(C)(C)C1. The van der Waals surface area contributed by atoms with E-state index in [2.05, 4.69) is 34.6 Å². The molecule has 1 aliphatic carbocycles. The lowest BCUT2D eigenvalue weighted by Crippen LogP contribution is -2.47. The zero-order valence-electron chi connectivity index (χ0n) is 15.1. The van der Waals surface area contributed by atoms with Crippen LogP contribution in [0.4, 0.5) is 0 Å². The molecule has 1 aliphatic rings. The molecular formula is C17H34O4. The van der Waals surface area contributed by atoms with Crippen LogP contribution in [0.5, 0.6) is 0 Å². The van der Waals surface area contributed by atoms with E-state index in [4.69, 9.17) is 19.6 Å². The molecule has 0 aromatic heterocycles. The first-order valence-electron chi connectivity index (χ1n) is 8.11. The molecule has 126 valence electrons. The summed E-state index contributed by atoms with van der Waals surface area (Å²) in [6.07, 6.45) is 2.70. The molecule has 21 heavy (non-hydrogen) atoms. The number of hydrogen-bond donors (Lipinski definition) is 0. The fraction of sp³-hybridized carbons (Fsp3) is 1.00. The first-order chi connectivity index (χ1) is 9.43. The van der Waals surface area contributed by atoms with Gasteiger partial charge in [0.15, 0.2) is 0 Å². The number of rotatable bonds is 6. The highest BCUT2D eigenvalue weighted by Crippen LogP contribution is 2.46. The van der Waals surface area contributed by atoms with Crippen LogP contribution in [0.15, 0.2) is 0 Å². The molecular weight excluding hydrogens is 268 g/mol. The van der Waals surface area contributed by atoms with Crippen LogP contribution >= 0.6 is 0 Å². The second kappa shape index (κ2) is 6.95. The summed E-state index contributed by atoms with van der Waals surface area (Å²) in [4.78, 5) is 22.5. The molecule has 0 saturated heterocycles. The van der Waals surface area contributed by atoms with Gasteiger partial charge in [-0.1, -0.05) is 34.6 Å².